The van der Waals surface area contributed by atoms with Crippen molar-refractivity contribution in [3.8, 4) is 0 Å². The van der Waals surface area contributed by atoms with Gasteiger partial charge in [0.25, 0.3) is 5.92 Å². The number of hydrogen-bond donors (Lipinski definition) is 0. The number of rotatable bonds is 0. The number of carbonyl (C=O) groups excluding carboxylic acids is 1. The molecule has 2 aliphatic carbocycles. The van der Waals surface area contributed by atoms with Gasteiger partial charge in [-0.3, -0.25) is 4.79 Å². The van der Waals surface area contributed by atoms with Crippen molar-refractivity contribution in [2.24, 2.45) is 11.8 Å². The average molecular weight is 160 g/mol. The maximum Gasteiger partial charge on any atom is 0.251 e. The van der Waals surface area contributed by atoms with E-state index < -0.39 is 11.8 Å². The third-order valence-electron chi connectivity index (χ3n) is 2.93. The Bertz CT molecular complexity index is 200. The minimum absolute atomic E-state index is 0.0622. The van der Waals surface area contributed by atoms with Gasteiger partial charge in [-0.2, -0.15) is 0 Å². The molecule has 0 bridgehead atoms. The summed E-state index contributed by atoms with van der Waals surface area (Å²) in [5, 5.41) is 0. The van der Waals surface area contributed by atoms with Crippen LogP contribution in [0.4, 0.5) is 8.78 Å². The molecule has 2 saturated carbocycles. The van der Waals surface area contributed by atoms with Crippen LogP contribution >= 0.6 is 0 Å². The molecular formula is C8H10F2O. The van der Waals surface area contributed by atoms with E-state index in [2.05, 4.69) is 0 Å². The fourth-order valence-corrected chi connectivity index (χ4v) is 2.31. The van der Waals surface area contributed by atoms with Crippen LogP contribution in [0.15, 0.2) is 0 Å². The lowest BCUT2D eigenvalue weighted by Crippen LogP contribution is -2.23. The summed E-state index contributed by atoms with van der Waals surface area (Å²) in [5.74, 6) is -3.40. The van der Waals surface area contributed by atoms with Crippen LogP contribution in [0.5, 0.6) is 0 Å². The van der Waals surface area contributed by atoms with Crippen molar-refractivity contribution >= 4 is 5.78 Å². The standard InChI is InChI=1S/C8H10F2O/c9-8(10)4-3-5-6(8)1-2-7(5)11/h5-6H,1-4H2. The lowest BCUT2D eigenvalue weighted by Gasteiger charge is -2.15. The molecule has 1 nitrogen and oxygen atoms in total. The van der Waals surface area contributed by atoms with Crippen LogP contribution in [0.1, 0.15) is 25.7 Å². The lowest BCUT2D eigenvalue weighted by atomic mass is 9.98. The number of alkyl halides is 2. The predicted molar refractivity (Wildman–Crippen MR) is 35.4 cm³/mol. The fourth-order valence-electron chi connectivity index (χ4n) is 2.31. The highest BCUT2D eigenvalue weighted by atomic mass is 19.3. The first-order valence-corrected chi connectivity index (χ1v) is 4.02. The van der Waals surface area contributed by atoms with E-state index in [1.807, 2.05) is 0 Å². The highest BCUT2D eigenvalue weighted by Crippen LogP contribution is 2.50. The number of carbonyl (C=O) groups is 1. The molecule has 2 fully saturated rings. The Kier molecular flexibility index (Phi) is 1.32. The molecule has 2 rings (SSSR count). The van der Waals surface area contributed by atoms with Crippen molar-refractivity contribution in [1.82, 2.24) is 0 Å². The molecule has 11 heavy (non-hydrogen) atoms. The smallest absolute Gasteiger partial charge is 0.251 e. The summed E-state index contributed by atoms with van der Waals surface area (Å²) >= 11 is 0. The third-order valence-corrected chi connectivity index (χ3v) is 2.93. The van der Waals surface area contributed by atoms with Crippen LogP contribution in [0.3, 0.4) is 0 Å². The fraction of sp³-hybridized carbons (Fsp3) is 0.875. The molecule has 0 N–H and O–H groups in total. The molecule has 0 saturated heterocycles. The Labute approximate surface area is 63.8 Å². The number of ketones is 1. The zero-order valence-electron chi connectivity index (χ0n) is 6.15. The van der Waals surface area contributed by atoms with Gasteiger partial charge >= 0.3 is 0 Å². The molecule has 0 spiro atoms. The zero-order chi connectivity index (χ0) is 8.06. The van der Waals surface area contributed by atoms with Gasteiger partial charge in [-0.1, -0.05) is 0 Å². The van der Waals surface area contributed by atoms with Gasteiger partial charge < -0.3 is 0 Å². The zero-order valence-corrected chi connectivity index (χ0v) is 6.15. The molecule has 2 unspecified atom stereocenters. The summed E-state index contributed by atoms with van der Waals surface area (Å²) in [6.07, 6.45) is 1.13. The van der Waals surface area contributed by atoms with E-state index in [4.69, 9.17) is 0 Å². The van der Waals surface area contributed by atoms with Crippen LogP contribution in [-0.2, 0) is 4.79 Å². The predicted octanol–water partition coefficient (Wildman–Crippen LogP) is 2.01. The summed E-state index contributed by atoms with van der Waals surface area (Å²) in [6, 6.07) is 0. The van der Waals surface area contributed by atoms with Gasteiger partial charge in [0.2, 0.25) is 0 Å². The van der Waals surface area contributed by atoms with Crippen molar-refractivity contribution < 1.29 is 13.6 Å². The molecule has 0 amide bonds. The molecular weight excluding hydrogens is 150 g/mol. The minimum Gasteiger partial charge on any atom is -0.299 e. The monoisotopic (exact) mass is 160 g/mol. The Morgan fingerprint density at radius 1 is 1.36 bits per heavy atom. The lowest BCUT2D eigenvalue weighted by molar-refractivity contribution is -0.121. The molecule has 0 heterocycles. The van der Waals surface area contributed by atoms with Gasteiger partial charge in [0.15, 0.2) is 0 Å². The van der Waals surface area contributed by atoms with E-state index in [1.165, 1.54) is 0 Å². The molecule has 3 heteroatoms. The molecule has 2 atom stereocenters. The van der Waals surface area contributed by atoms with Gasteiger partial charge in [-0.05, 0) is 12.8 Å². The molecule has 0 radical (unpaired) electrons. The first-order valence-electron chi connectivity index (χ1n) is 4.02. The van der Waals surface area contributed by atoms with Gasteiger partial charge in [-0.15, -0.1) is 0 Å². The maximum absolute atomic E-state index is 12.9. The van der Waals surface area contributed by atoms with E-state index in [0.717, 1.165) is 0 Å². The van der Waals surface area contributed by atoms with Crippen LogP contribution < -0.4 is 0 Å². The largest absolute Gasteiger partial charge is 0.299 e. The van der Waals surface area contributed by atoms with Crippen molar-refractivity contribution in [3.63, 3.8) is 0 Å². The molecule has 0 aromatic heterocycles. The summed E-state index contributed by atoms with van der Waals surface area (Å²) < 4.78 is 25.8. The van der Waals surface area contributed by atoms with Crippen LogP contribution in [-0.4, -0.2) is 11.7 Å². The van der Waals surface area contributed by atoms with Gasteiger partial charge in [-0.25, -0.2) is 8.78 Å². The van der Waals surface area contributed by atoms with Crippen LogP contribution in [0.2, 0.25) is 0 Å². The molecule has 0 aromatic carbocycles. The van der Waals surface area contributed by atoms with E-state index in [0.29, 0.717) is 19.3 Å². The average Bonchev–Trinajstić information content (AvgIpc) is 2.39. The second-order valence-corrected chi connectivity index (χ2v) is 3.52. The number of hydrogen-bond acceptors (Lipinski definition) is 1. The van der Waals surface area contributed by atoms with E-state index in [9.17, 15) is 13.6 Å². The van der Waals surface area contributed by atoms with Crippen molar-refractivity contribution in [1.29, 1.82) is 0 Å². The van der Waals surface area contributed by atoms with Crippen molar-refractivity contribution in [2.75, 3.05) is 0 Å². The third kappa shape index (κ3) is 0.898. The van der Waals surface area contributed by atoms with E-state index in [1.54, 1.807) is 0 Å². The normalized spacial score (nSPS) is 41.1. The van der Waals surface area contributed by atoms with Gasteiger partial charge in [0.1, 0.15) is 5.78 Å². The maximum atomic E-state index is 12.9. The quantitative estimate of drug-likeness (QED) is 0.529. The Balaban J connectivity index is 2.23. The second kappa shape index (κ2) is 2.02. The summed E-state index contributed by atoms with van der Waals surface area (Å²) in [4.78, 5) is 11.0. The highest BCUT2D eigenvalue weighted by molar-refractivity contribution is 5.84. The highest BCUT2D eigenvalue weighted by Gasteiger charge is 2.54. The Hall–Kier alpha value is -0.470. The van der Waals surface area contributed by atoms with Crippen molar-refractivity contribution in [2.45, 2.75) is 31.6 Å². The first-order chi connectivity index (χ1) is 5.11. The molecule has 62 valence electrons. The SMILES string of the molecule is O=C1CCC2C1CCC2(F)F. The van der Waals surface area contributed by atoms with E-state index >= 15 is 0 Å². The molecule has 0 aromatic rings. The van der Waals surface area contributed by atoms with Gasteiger partial charge in [0.05, 0.1) is 0 Å². The minimum atomic E-state index is -2.54. The van der Waals surface area contributed by atoms with Crippen LogP contribution in [0, 0.1) is 11.8 Å². The number of fused-ring (bicyclic) bond motifs is 1. The van der Waals surface area contributed by atoms with E-state index in [-0.39, 0.29) is 18.1 Å². The Morgan fingerprint density at radius 2 is 2.09 bits per heavy atom. The number of Topliss-reactive ketones (excluding diaryl/α,β-unsaturated/α-hetero) is 1. The summed E-state index contributed by atoms with van der Waals surface area (Å²) in [5.41, 5.74) is 0. The van der Waals surface area contributed by atoms with Crippen LogP contribution in [0.25, 0.3) is 0 Å². The first kappa shape index (κ1) is 7.19. The van der Waals surface area contributed by atoms with Gasteiger partial charge in [0, 0.05) is 24.7 Å². The molecule has 2 aliphatic rings. The molecule has 0 aliphatic heterocycles. The summed E-state index contributed by atoms with van der Waals surface area (Å²) in [7, 11) is 0. The summed E-state index contributed by atoms with van der Waals surface area (Å²) in [6.45, 7) is 0. The topological polar surface area (TPSA) is 17.1 Å². The van der Waals surface area contributed by atoms with Crippen molar-refractivity contribution in [3.05, 3.63) is 0 Å². The Morgan fingerprint density at radius 3 is 2.73 bits per heavy atom. The number of halogens is 2. The second-order valence-electron chi connectivity index (χ2n) is 3.52.